The minimum absolute atomic E-state index is 0.297. The Labute approximate surface area is 173 Å². The second-order valence-corrected chi connectivity index (χ2v) is 9.22. The monoisotopic (exact) mass is 426 g/mol. The van der Waals surface area contributed by atoms with Crippen LogP contribution in [0.3, 0.4) is 0 Å². The van der Waals surface area contributed by atoms with E-state index in [1.165, 1.54) is 14.1 Å². The molecule has 0 radical (unpaired) electrons. The van der Waals surface area contributed by atoms with Crippen molar-refractivity contribution in [1.29, 1.82) is 0 Å². The normalized spacial score (nSPS) is 14.8. The first-order valence-corrected chi connectivity index (χ1v) is 10.9. The third-order valence-corrected chi connectivity index (χ3v) is 6.62. The van der Waals surface area contributed by atoms with Gasteiger partial charge in [0.1, 0.15) is 6.54 Å². The molecule has 0 aromatic heterocycles. The Hall–Kier alpha value is -2.33. The standard InChI is InChI=1S/C19H30N4O5S/c1-6-28-19(25)22-11-9-21(10-12-22)18(24)14-23(29(26,27)20(4)5)17-13-15(2)7-8-16(17)3/h7-8,13H,6,9-12,14H2,1-5H3. The molecule has 1 aromatic rings. The van der Waals surface area contributed by atoms with Gasteiger partial charge in [-0.3, -0.25) is 4.79 Å². The van der Waals surface area contributed by atoms with Crippen LogP contribution in [0.15, 0.2) is 18.2 Å². The minimum Gasteiger partial charge on any atom is -0.450 e. The number of nitrogens with zero attached hydrogens (tertiary/aromatic N) is 4. The molecule has 0 aliphatic carbocycles. The Morgan fingerprint density at radius 1 is 1.07 bits per heavy atom. The molecule has 162 valence electrons. The van der Waals surface area contributed by atoms with Crippen LogP contribution < -0.4 is 4.31 Å². The molecule has 2 amide bonds. The van der Waals surface area contributed by atoms with Crippen molar-refractivity contribution in [3.8, 4) is 0 Å². The number of ether oxygens (including phenoxy) is 1. The average Bonchev–Trinajstić information content (AvgIpc) is 2.68. The fourth-order valence-electron chi connectivity index (χ4n) is 3.05. The molecule has 0 N–H and O–H groups in total. The smallest absolute Gasteiger partial charge is 0.409 e. The maximum Gasteiger partial charge on any atom is 0.409 e. The molecule has 9 nitrogen and oxygen atoms in total. The van der Waals surface area contributed by atoms with Crippen molar-refractivity contribution in [2.75, 3.05) is 57.7 Å². The zero-order valence-electron chi connectivity index (χ0n) is 17.7. The van der Waals surface area contributed by atoms with E-state index >= 15 is 0 Å². The van der Waals surface area contributed by atoms with Gasteiger partial charge in [0, 0.05) is 40.3 Å². The lowest BCUT2D eigenvalue weighted by molar-refractivity contribution is -0.131. The Morgan fingerprint density at radius 3 is 2.21 bits per heavy atom. The Kier molecular flexibility index (Phi) is 7.48. The van der Waals surface area contributed by atoms with Gasteiger partial charge in [-0.2, -0.15) is 12.7 Å². The van der Waals surface area contributed by atoms with Gasteiger partial charge in [0.25, 0.3) is 0 Å². The first kappa shape index (κ1) is 23.0. The number of amides is 2. The third-order valence-electron chi connectivity index (χ3n) is 4.81. The molecule has 1 heterocycles. The van der Waals surface area contributed by atoms with Crippen molar-refractivity contribution >= 4 is 27.9 Å². The molecule has 0 bridgehead atoms. The molecule has 0 spiro atoms. The van der Waals surface area contributed by atoms with Gasteiger partial charge in [0.15, 0.2) is 0 Å². The molecule has 1 saturated heterocycles. The van der Waals surface area contributed by atoms with Crippen LogP contribution in [0.2, 0.25) is 0 Å². The minimum atomic E-state index is -3.86. The van der Waals surface area contributed by atoms with E-state index in [9.17, 15) is 18.0 Å². The number of carbonyl (C=O) groups excluding carboxylic acids is 2. The first-order chi connectivity index (χ1) is 13.6. The van der Waals surface area contributed by atoms with Crippen LogP contribution in [0.25, 0.3) is 0 Å². The van der Waals surface area contributed by atoms with Crippen LogP contribution in [0.1, 0.15) is 18.1 Å². The van der Waals surface area contributed by atoms with Crippen molar-refractivity contribution in [1.82, 2.24) is 14.1 Å². The van der Waals surface area contributed by atoms with Crippen LogP contribution >= 0.6 is 0 Å². The molecule has 0 saturated carbocycles. The zero-order chi connectivity index (χ0) is 21.8. The summed E-state index contributed by atoms with van der Waals surface area (Å²) in [6.45, 7) is 6.80. The van der Waals surface area contributed by atoms with Crippen molar-refractivity contribution < 1.29 is 22.7 Å². The highest BCUT2D eigenvalue weighted by atomic mass is 32.2. The Balaban J connectivity index is 2.19. The number of aryl methyl sites for hydroxylation is 2. The number of hydrogen-bond donors (Lipinski definition) is 0. The first-order valence-electron chi connectivity index (χ1n) is 9.54. The zero-order valence-corrected chi connectivity index (χ0v) is 18.5. The maximum absolute atomic E-state index is 12.9. The molecule has 0 unspecified atom stereocenters. The van der Waals surface area contributed by atoms with Gasteiger partial charge in [-0.1, -0.05) is 12.1 Å². The summed E-state index contributed by atoms with van der Waals surface area (Å²) >= 11 is 0. The van der Waals surface area contributed by atoms with Crippen LogP contribution in [-0.2, 0) is 19.7 Å². The summed E-state index contributed by atoms with van der Waals surface area (Å²) in [5, 5.41) is 0. The molecule has 29 heavy (non-hydrogen) atoms. The molecular weight excluding hydrogens is 396 g/mol. The highest BCUT2D eigenvalue weighted by Crippen LogP contribution is 2.25. The lowest BCUT2D eigenvalue weighted by Gasteiger charge is -2.36. The number of benzene rings is 1. The molecule has 1 aliphatic heterocycles. The fourth-order valence-corrected chi connectivity index (χ4v) is 4.17. The van der Waals surface area contributed by atoms with Gasteiger partial charge in [-0.05, 0) is 38.0 Å². The van der Waals surface area contributed by atoms with Crippen LogP contribution in [0, 0.1) is 13.8 Å². The average molecular weight is 427 g/mol. The van der Waals surface area contributed by atoms with E-state index in [1.807, 2.05) is 26.0 Å². The van der Waals surface area contributed by atoms with Gasteiger partial charge in [0.2, 0.25) is 5.91 Å². The Bertz CT molecular complexity index is 848. The third kappa shape index (κ3) is 5.39. The summed E-state index contributed by atoms with van der Waals surface area (Å²) in [5.41, 5.74) is 2.15. The summed E-state index contributed by atoms with van der Waals surface area (Å²) < 4.78 is 33.1. The van der Waals surface area contributed by atoms with E-state index in [1.54, 1.807) is 22.8 Å². The summed E-state index contributed by atoms with van der Waals surface area (Å²) in [6.07, 6.45) is -0.396. The van der Waals surface area contributed by atoms with Gasteiger partial charge in [-0.15, -0.1) is 0 Å². The maximum atomic E-state index is 12.9. The molecule has 1 aromatic carbocycles. The van der Waals surface area contributed by atoms with Gasteiger partial charge in [-0.25, -0.2) is 9.10 Å². The van der Waals surface area contributed by atoms with Crippen molar-refractivity contribution in [2.24, 2.45) is 0 Å². The Morgan fingerprint density at radius 2 is 1.66 bits per heavy atom. The lowest BCUT2D eigenvalue weighted by Crippen LogP contribution is -2.54. The lowest BCUT2D eigenvalue weighted by atomic mass is 10.1. The molecular formula is C19H30N4O5S. The molecule has 1 fully saturated rings. The van der Waals surface area contributed by atoms with Crippen molar-refractivity contribution in [3.63, 3.8) is 0 Å². The summed E-state index contributed by atoms with van der Waals surface area (Å²) in [6, 6.07) is 5.50. The molecule has 1 aliphatic rings. The largest absolute Gasteiger partial charge is 0.450 e. The van der Waals surface area contributed by atoms with Gasteiger partial charge < -0.3 is 14.5 Å². The topological polar surface area (TPSA) is 90.5 Å². The quantitative estimate of drug-likeness (QED) is 0.682. The van der Waals surface area contributed by atoms with Crippen LogP contribution in [0.5, 0.6) is 0 Å². The van der Waals surface area contributed by atoms with E-state index in [4.69, 9.17) is 4.74 Å². The number of carbonyl (C=O) groups is 2. The van der Waals surface area contributed by atoms with Gasteiger partial charge in [0.05, 0.1) is 12.3 Å². The van der Waals surface area contributed by atoms with Crippen LogP contribution in [-0.4, -0.2) is 87.9 Å². The van der Waals surface area contributed by atoms with E-state index < -0.39 is 16.3 Å². The fraction of sp³-hybridized carbons (Fsp3) is 0.579. The van der Waals surface area contributed by atoms with Crippen molar-refractivity contribution in [2.45, 2.75) is 20.8 Å². The molecule has 10 heteroatoms. The van der Waals surface area contributed by atoms with E-state index in [0.717, 1.165) is 19.7 Å². The van der Waals surface area contributed by atoms with Crippen LogP contribution in [0.4, 0.5) is 10.5 Å². The summed E-state index contributed by atoms with van der Waals surface area (Å²) in [4.78, 5) is 27.9. The molecule has 2 rings (SSSR count). The predicted octanol–water partition coefficient (Wildman–Crippen LogP) is 1.22. The highest BCUT2D eigenvalue weighted by molar-refractivity contribution is 7.90. The molecule has 0 atom stereocenters. The number of anilines is 1. The van der Waals surface area contributed by atoms with E-state index in [2.05, 4.69) is 0 Å². The highest BCUT2D eigenvalue weighted by Gasteiger charge is 2.32. The predicted molar refractivity (Wildman–Crippen MR) is 111 cm³/mol. The van der Waals surface area contributed by atoms with Gasteiger partial charge >= 0.3 is 16.3 Å². The second kappa shape index (κ2) is 9.45. The summed E-state index contributed by atoms with van der Waals surface area (Å²) in [5.74, 6) is -0.306. The van der Waals surface area contributed by atoms with Crippen molar-refractivity contribution in [3.05, 3.63) is 29.3 Å². The van der Waals surface area contributed by atoms with E-state index in [0.29, 0.717) is 38.5 Å². The number of rotatable bonds is 6. The number of hydrogen-bond acceptors (Lipinski definition) is 5. The second-order valence-electron chi connectivity index (χ2n) is 7.15. The number of piperazine rings is 1. The van der Waals surface area contributed by atoms with E-state index in [-0.39, 0.29) is 12.5 Å². The summed E-state index contributed by atoms with van der Waals surface area (Å²) in [7, 11) is -0.981. The SMILES string of the molecule is CCOC(=O)N1CCN(C(=O)CN(c2cc(C)ccc2C)S(=O)(=O)N(C)C)CC1.